The van der Waals surface area contributed by atoms with E-state index in [0.29, 0.717) is 6.42 Å². The number of amides is 1. The van der Waals surface area contributed by atoms with E-state index in [2.05, 4.69) is 10.5 Å². The summed E-state index contributed by atoms with van der Waals surface area (Å²) < 4.78 is 5.09. The van der Waals surface area contributed by atoms with Crippen molar-refractivity contribution in [2.75, 3.05) is 0 Å². The molecule has 112 valence electrons. The molecule has 0 fully saturated rings. The number of nitrogens with zero attached hydrogens (tertiary/aromatic N) is 1. The molecule has 0 aliphatic rings. The first kappa shape index (κ1) is 14.9. The second-order valence-corrected chi connectivity index (χ2v) is 5.12. The summed E-state index contributed by atoms with van der Waals surface area (Å²) in [5.41, 5.74) is 1.99. The number of benzene rings is 1. The van der Waals surface area contributed by atoms with Crippen LogP contribution in [0.2, 0.25) is 0 Å². The molecule has 1 aromatic heterocycles. The lowest BCUT2D eigenvalue weighted by molar-refractivity contribution is 0.0939. The fourth-order valence-electron chi connectivity index (χ4n) is 2.18. The average Bonchev–Trinajstić information content (AvgIpc) is 2.69. The Balaban J connectivity index is 2.05. The molecule has 6 nitrogen and oxygen atoms in total. The minimum atomic E-state index is -0.361. The lowest BCUT2D eigenvalue weighted by atomic mass is 10.1. The van der Waals surface area contributed by atoms with Crippen molar-refractivity contribution in [3.8, 4) is 11.5 Å². The summed E-state index contributed by atoms with van der Waals surface area (Å²) in [6.45, 7) is 5.55. The minimum absolute atomic E-state index is 0.140. The number of carbonyl (C=O) groups is 1. The highest BCUT2D eigenvalue weighted by molar-refractivity contribution is 5.95. The fraction of sp³-hybridized carbons (Fsp3) is 0.333. The molecule has 0 aliphatic carbocycles. The Morgan fingerprint density at radius 3 is 2.43 bits per heavy atom. The lowest BCUT2D eigenvalue weighted by Crippen LogP contribution is -2.34. The van der Waals surface area contributed by atoms with Crippen LogP contribution < -0.4 is 5.32 Å². The minimum Gasteiger partial charge on any atom is -0.508 e. The molecular weight excluding hydrogens is 272 g/mol. The normalized spacial score (nSPS) is 12.1. The van der Waals surface area contributed by atoms with E-state index in [1.165, 1.54) is 18.2 Å². The van der Waals surface area contributed by atoms with Gasteiger partial charge in [0.05, 0.1) is 5.69 Å². The largest absolute Gasteiger partial charge is 0.508 e. The van der Waals surface area contributed by atoms with Gasteiger partial charge in [-0.1, -0.05) is 5.16 Å². The molecule has 6 heteroatoms. The number of aromatic hydroxyl groups is 2. The first-order valence-electron chi connectivity index (χ1n) is 6.62. The zero-order valence-electron chi connectivity index (χ0n) is 12.2. The van der Waals surface area contributed by atoms with Gasteiger partial charge in [-0.2, -0.15) is 0 Å². The highest BCUT2D eigenvalue weighted by Gasteiger charge is 2.16. The molecule has 2 aromatic rings. The van der Waals surface area contributed by atoms with Crippen molar-refractivity contribution in [3.63, 3.8) is 0 Å². The van der Waals surface area contributed by atoms with Crippen LogP contribution in [0.5, 0.6) is 11.5 Å². The summed E-state index contributed by atoms with van der Waals surface area (Å²) in [5, 5.41) is 25.5. The van der Waals surface area contributed by atoms with Crippen molar-refractivity contribution in [1.29, 1.82) is 0 Å². The number of hydrogen-bond acceptors (Lipinski definition) is 5. The van der Waals surface area contributed by atoms with Gasteiger partial charge in [0.1, 0.15) is 17.3 Å². The predicted octanol–water partition coefficient (Wildman–Crippen LogP) is 2.06. The first-order valence-corrected chi connectivity index (χ1v) is 6.62. The van der Waals surface area contributed by atoms with Crippen molar-refractivity contribution in [3.05, 3.63) is 40.8 Å². The van der Waals surface area contributed by atoms with Crippen LogP contribution in [0.1, 0.15) is 34.3 Å². The summed E-state index contributed by atoms with van der Waals surface area (Å²) in [7, 11) is 0. The van der Waals surface area contributed by atoms with Crippen molar-refractivity contribution in [2.24, 2.45) is 0 Å². The van der Waals surface area contributed by atoms with Crippen LogP contribution in [-0.4, -0.2) is 27.3 Å². The Morgan fingerprint density at radius 1 is 1.29 bits per heavy atom. The molecule has 0 spiro atoms. The van der Waals surface area contributed by atoms with Gasteiger partial charge < -0.3 is 20.1 Å². The number of carbonyl (C=O) groups excluding carboxylic acids is 1. The molecule has 1 atom stereocenters. The van der Waals surface area contributed by atoms with E-state index in [0.717, 1.165) is 17.0 Å². The Morgan fingerprint density at radius 2 is 1.90 bits per heavy atom. The summed E-state index contributed by atoms with van der Waals surface area (Å²) >= 11 is 0. The molecule has 1 heterocycles. The Hall–Kier alpha value is -2.50. The van der Waals surface area contributed by atoms with Crippen molar-refractivity contribution in [1.82, 2.24) is 10.5 Å². The molecule has 0 aliphatic heterocycles. The monoisotopic (exact) mass is 290 g/mol. The van der Waals surface area contributed by atoms with Crippen molar-refractivity contribution >= 4 is 5.91 Å². The van der Waals surface area contributed by atoms with Crippen LogP contribution in [-0.2, 0) is 6.42 Å². The molecule has 0 bridgehead atoms. The highest BCUT2D eigenvalue weighted by atomic mass is 16.5. The van der Waals surface area contributed by atoms with Gasteiger partial charge >= 0.3 is 0 Å². The zero-order valence-corrected chi connectivity index (χ0v) is 12.2. The van der Waals surface area contributed by atoms with Gasteiger partial charge in [0.2, 0.25) is 0 Å². The van der Waals surface area contributed by atoms with E-state index in [1.54, 1.807) is 0 Å². The van der Waals surface area contributed by atoms with E-state index >= 15 is 0 Å². The van der Waals surface area contributed by atoms with Gasteiger partial charge in [0.25, 0.3) is 5.91 Å². The molecule has 3 N–H and O–H groups in total. The molecule has 1 aromatic carbocycles. The number of phenols is 2. The SMILES string of the molecule is Cc1noc(C)c1C[C@H](C)NC(=O)c1cc(O)cc(O)c1. The number of hydrogen-bond donors (Lipinski definition) is 3. The van der Waals surface area contributed by atoms with Gasteiger partial charge in [-0.15, -0.1) is 0 Å². The number of rotatable bonds is 4. The third-order valence-corrected chi connectivity index (χ3v) is 3.23. The van der Waals surface area contributed by atoms with E-state index in [-0.39, 0.29) is 29.0 Å². The maximum Gasteiger partial charge on any atom is 0.251 e. The van der Waals surface area contributed by atoms with Gasteiger partial charge in [0, 0.05) is 23.2 Å². The number of phenolic OH excluding ortho intramolecular Hbond substituents is 2. The molecule has 1 amide bonds. The Kier molecular flexibility index (Phi) is 4.16. The maximum absolute atomic E-state index is 12.1. The summed E-state index contributed by atoms with van der Waals surface area (Å²) in [5.74, 6) is 0.0705. The van der Waals surface area contributed by atoms with Gasteiger partial charge in [-0.3, -0.25) is 4.79 Å². The maximum atomic E-state index is 12.1. The van der Waals surface area contributed by atoms with E-state index in [4.69, 9.17) is 4.52 Å². The van der Waals surface area contributed by atoms with Crippen LogP contribution in [0.3, 0.4) is 0 Å². The average molecular weight is 290 g/mol. The fourth-order valence-corrected chi connectivity index (χ4v) is 2.18. The van der Waals surface area contributed by atoms with E-state index in [1.807, 2.05) is 20.8 Å². The molecule has 2 rings (SSSR count). The second-order valence-electron chi connectivity index (χ2n) is 5.12. The van der Waals surface area contributed by atoms with E-state index < -0.39 is 0 Å². The quantitative estimate of drug-likeness (QED) is 0.801. The van der Waals surface area contributed by atoms with Crippen LogP contribution in [0.25, 0.3) is 0 Å². The van der Waals surface area contributed by atoms with Crippen molar-refractivity contribution < 1.29 is 19.5 Å². The molecule has 21 heavy (non-hydrogen) atoms. The van der Waals surface area contributed by atoms with E-state index in [9.17, 15) is 15.0 Å². The van der Waals surface area contributed by atoms with Gasteiger partial charge in [0.15, 0.2) is 0 Å². The lowest BCUT2D eigenvalue weighted by Gasteiger charge is -2.14. The Bertz CT molecular complexity index is 624. The molecule has 0 saturated heterocycles. The first-order chi connectivity index (χ1) is 9.86. The Labute approximate surface area is 122 Å². The molecule has 0 saturated carbocycles. The third-order valence-electron chi connectivity index (χ3n) is 3.23. The van der Waals surface area contributed by atoms with Gasteiger partial charge in [-0.05, 0) is 39.3 Å². The van der Waals surface area contributed by atoms with Crippen molar-refractivity contribution in [2.45, 2.75) is 33.2 Å². The summed E-state index contributed by atoms with van der Waals surface area (Å²) in [6, 6.07) is 3.64. The highest BCUT2D eigenvalue weighted by Crippen LogP contribution is 2.20. The summed E-state index contributed by atoms with van der Waals surface area (Å²) in [6.07, 6.45) is 0.595. The predicted molar refractivity (Wildman–Crippen MR) is 76.4 cm³/mol. The van der Waals surface area contributed by atoms with Crippen LogP contribution >= 0.6 is 0 Å². The smallest absolute Gasteiger partial charge is 0.251 e. The summed E-state index contributed by atoms with van der Waals surface area (Å²) in [4.78, 5) is 12.1. The number of nitrogens with one attached hydrogen (secondary N) is 1. The molecule has 0 unspecified atom stereocenters. The topological polar surface area (TPSA) is 95.6 Å². The zero-order chi connectivity index (χ0) is 15.6. The van der Waals surface area contributed by atoms with Crippen LogP contribution in [0.15, 0.2) is 22.7 Å². The molecule has 0 radical (unpaired) electrons. The number of aromatic nitrogens is 1. The number of aryl methyl sites for hydroxylation is 2. The van der Waals surface area contributed by atoms with Gasteiger partial charge in [-0.25, -0.2) is 0 Å². The standard InChI is InChI=1S/C15H18N2O4/c1-8(4-14-9(2)17-21-10(14)3)16-15(20)11-5-12(18)7-13(19)6-11/h5-8,18-19H,4H2,1-3H3,(H,16,20)/t8-/m0/s1. The second kappa shape index (κ2) is 5.87. The van der Waals surface area contributed by atoms with Crippen LogP contribution in [0, 0.1) is 13.8 Å². The van der Waals surface area contributed by atoms with Crippen LogP contribution in [0.4, 0.5) is 0 Å². The third kappa shape index (κ3) is 3.53. The molecular formula is C15H18N2O4.